The molecule has 1 rings (SSSR count). The Morgan fingerprint density at radius 1 is 1.67 bits per heavy atom. The van der Waals surface area contributed by atoms with Gasteiger partial charge in [0.05, 0.1) is 0 Å². The second kappa shape index (κ2) is 6.21. The van der Waals surface area contributed by atoms with E-state index in [0.717, 1.165) is 0 Å². The van der Waals surface area contributed by atoms with Crippen LogP contribution in [0.2, 0.25) is 0 Å². The van der Waals surface area contributed by atoms with Crippen LogP contribution in [-0.4, -0.2) is 25.9 Å². The van der Waals surface area contributed by atoms with Crippen LogP contribution in [0.25, 0.3) is 0 Å². The van der Waals surface area contributed by atoms with Gasteiger partial charge in [0.15, 0.2) is 0 Å². The van der Waals surface area contributed by atoms with E-state index in [-0.39, 0.29) is 58.0 Å². The molecule has 1 aliphatic rings. The molecule has 48 valence electrons. The number of ether oxygens (including phenoxy) is 1. The minimum absolute atomic E-state index is 0. The minimum Gasteiger partial charge on any atom is -0.549 e. The molecule has 0 amide bonds. The third kappa shape index (κ3) is 4.83. The molecule has 0 aliphatic carbocycles. The molecule has 1 unspecified atom stereocenters. The van der Waals surface area contributed by atoms with Crippen molar-refractivity contribution in [1.29, 1.82) is 0 Å². The van der Waals surface area contributed by atoms with Gasteiger partial charge in [-0.3, -0.25) is 0 Å². The molecule has 2 nitrogen and oxygen atoms in total. The topological polar surface area (TPSA) is 21.3 Å². The van der Waals surface area contributed by atoms with Crippen LogP contribution in [0.4, 0.5) is 4.39 Å². The van der Waals surface area contributed by atoms with Crippen LogP contribution < -0.4 is 56.7 Å². The van der Waals surface area contributed by atoms with Crippen molar-refractivity contribution in [3.05, 3.63) is 6.61 Å². The SMILES string of the molecule is FC1CNC[CH-]OC1.[K+]. The summed E-state index contributed by atoms with van der Waals surface area (Å²) in [6.07, 6.45) is -0.839. The van der Waals surface area contributed by atoms with Crippen LogP contribution in [0, 0.1) is 6.61 Å². The van der Waals surface area contributed by atoms with Gasteiger partial charge >= 0.3 is 51.4 Å². The molecule has 4 heteroatoms. The first-order chi connectivity index (χ1) is 3.89. The summed E-state index contributed by atoms with van der Waals surface area (Å²) in [5, 5.41) is 2.84. The fourth-order valence-corrected chi connectivity index (χ4v) is 0.589. The predicted molar refractivity (Wildman–Crippen MR) is 28.0 cm³/mol. The Morgan fingerprint density at radius 2 is 2.44 bits per heavy atom. The second-order valence-corrected chi connectivity index (χ2v) is 1.76. The molecule has 0 spiro atoms. The molecule has 1 N–H and O–H groups in total. The zero-order chi connectivity index (χ0) is 5.82. The van der Waals surface area contributed by atoms with E-state index in [4.69, 9.17) is 4.74 Å². The first-order valence-electron chi connectivity index (χ1n) is 2.67. The Hall–Kier alpha value is 1.49. The molecule has 1 aliphatic heterocycles. The first-order valence-corrected chi connectivity index (χ1v) is 2.67. The van der Waals surface area contributed by atoms with Crippen LogP contribution in [-0.2, 0) is 4.74 Å². The maximum Gasteiger partial charge on any atom is 1.00 e. The molecule has 0 radical (unpaired) electrons. The third-order valence-electron chi connectivity index (χ3n) is 0.988. The fourth-order valence-electron chi connectivity index (χ4n) is 0.589. The van der Waals surface area contributed by atoms with Gasteiger partial charge in [0.1, 0.15) is 6.17 Å². The molecular formula is C5H9FKNO. The quantitative estimate of drug-likeness (QED) is 0.301. The number of halogens is 1. The summed E-state index contributed by atoms with van der Waals surface area (Å²) in [5.74, 6) is 0. The molecule has 1 fully saturated rings. The molecule has 0 saturated carbocycles. The van der Waals surface area contributed by atoms with Crippen LogP contribution in [0.15, 0.2) is 0 Å². The summed E-state index contributed by atoms with van der Waals surface area (Å²) in [6.45, 7) is 2.85. The van der Waals surface area contributed by atoms with Crippen molar-refractivity contribution < 1.29 is 60.5 Å². The van der Waals surface area contributed by atoms with Gasteiger partial charge in [0, 0.05) is 13.2 Å². The van der Waals surface area contributed by atoms with Crippen molar-refractivity contribution in [2.24, 2.45) is 0 Å². The fraction of sp³-hybridized carbons (Fsp3) is 0.800. The number of nitrogens with one attached hydrogen (secondary N) is 1. The van der Waals surface area contributed by atoms with Gasteiger partial charge in [0.25, 0.3) is 0 Å². The molecule has 0 aromatic carbocycles. The Kier molecular flexibility index (Phi) is 7.24. The number of alkyl halides is 1. The summed E-state index contributed by atoms with van der Waals surface area (Å²) >= 11 is 0. The molecule has 0 aromatic rings. The summed E-state index contributed by atoms with van der Waals surface area (Å²) in [5.41, 5.74) is 0. The van der Waals surface area contributed by atoms with Crippen molar-refractivity contribution in [1.82, 2.24) is 5.32 Å². The zero-order valence-electron chi connectivity index (χ0n) is 5.56. The van der Waals surface area contributed by atoms with E-state index in [9.17, 15) is 4.39 Å². The van der Waals surface area contributed by atoms with Gasteiger partial charge in [-0.2, -0.15) is 6.61 Å². The van der Waals surface area contributed by atoms with Crippen molar-refractivity contribution in [2.75, 3.05) is 19.7 Å². The molecule has 0 bridgehead atoms. The number of hydrogen-bond acceptors (Lipinski definition) is 2. The van der Waals surface area contributed by atoms with E-state index >= 15 is 0 Å². The standard InChI is InChI=1S/C5H9FNO.K/c6-5-3-7-1-2-8-4-5;/h2,5,7H,1,3-4H2;/q-1;+1. The van der Waals surface area contributed by atoms with Gasteiger partial charge in [-0.15, -0.1) is 6.54 Å². The second-order valence-electron chi connectivity index (χ2n) is 1.76. The molecule has 1 saturated heterocycles. The average Bonchev–Trinajstić information content (AvgIpc) is 1.94. The molecule has 1 atom stereocenters. The van der Waals surface area contributed by atoms with Crippen LogP contribution in [0.5, 0.6) is 0 Å². The van der Waals surface area contributed by atoms with E-state index in [2.05, 4.69) is 5.32 Å². The summed E-state index contributed by atoms with van der Waals surface area (Å²) in [4.78, 5) is 0. The van der Waals surface area contributed by atoms with E-state index < -0.39 is 6.17 Å². The first kappa shape index (κ1) is 10.5. The van der Waals surface area contributed by atoms with E-state index in [1.165, 1.54) is 0 Å². The average molecular weight is 157 g/mol. The Morgan fingerprint density at radius 3 is 3.22 bits per heavy atom. The van der Waals surface area contributed by atoms with Gasteiger partial charge in [-0.1, -0.05) is 0 Å². The molecule has 9 heavy (non-hydrogen) atoms. The van der Waals surface area contributed by atoms with Gasteiger partial charge in [-0.25, -0.2) is 4.39 Å². The van der Waals surface area contributed by atoms with E-state index in [0.29, 0.717) is 13.1 Å². The molecular weight excluding hydrogens is 148 g/mol. The summed E-state index contributed by atoms with van der Waals surface area (Å²) in [7, 11) is 0. The normalized spacial score (nSPS) is 28.3. The van der Waals surface area contributed by atoms with Crippen molar-refractivity contribution in [2.45, 2.75) is 6.17 Å². The molecule has 1 heterocycles. The maximum atomic E-state index is 12.2. The van der Waals surface area contributed by atoms with Crippen LogP contribution >= 0.6 is 0 Å². The van der Waals surface area contributed by atoms with Crippen molar-refractivity contribution in [3.8, 4) is 0 Å². The van der Waals surface area contributed by atoms with Crippen LogP contribution in [0.3, 0.4) is 0 Å². The third-order valence-corrected chi connectivity index (χ3v) is 0.988. The summed E-state index contributed by atoms with van der Waals surface area (Å²) in [6, 6.07) is 0. The van der Waals surface area contributed by atoms with Gasteiger partial charge in [-0.05, 0) is 0 Å². The molecule has 0 aromatic heterocycles. The number of rotatable bonds is 0. The van der Waals surface area contributed by atoms with Crippen molar-refractivity contribution in [3.63, 3.8) is 0 Å². The van der Waals surface area contributed by atoms with Crippen LogP contribution in [0.1, 0.15) is 0 Å². The summed E-state index contributed by atoms with van der Waals surface area (Å²) < 4.78 is 17.0. The van der Waals surface area contributed by atoms with Gasteiger partial charge in [0.2, 0.25) is 0 Å². The predicted octanol–water partition coefficient (Wildman–Crippen LogP) is -2.89. The Labute approximate surface area is 96.9 Å². The minimum atomic E-state index is -0.839. The number of hydrogen-bond donors (Lipinski definition) is 1. The van der Waals surface area contributed by atoms with Crippen molar-refractivity contribution >= 4 is 0 Å². The maximum absolute atomic E-state index is 12.2. The Balaban J connectivity index is 0.000000640. The Bertz CT molecular complexity index is 66.0. The smallest absolute Gasteiger partial charge is 0.549 e. The monoisotopic (exact) mass is 157 g/mol. The van der Waals surface area contributed by atoms with E-state index in [1.54, 1.807) is 6.61 Å². The largest absolute Gasteiger partial charge is 1.00 e. The van der Waals surface area contributed by atoms with E-state index in [1.807, 2.05) is 0 Å². The van der Waals surface area contributed by atoms with Gasteiger partial charge < -0.3 is 10.1 Å². The zero-order valence-corrected chi connectivity index (χ0v) is 8.69.